The molecule has 0 aliphatic heterocycles. The summed E-state index contributed by atoms with van der Waals surface area (Å²) in [4.78, 5) is 0. The second-order valence-electron chi connectivity index (χ2n) is 4.89. The summed E-state index contributed by atoms with van der Waals surface area (Å²) < 4.78 is 13.6. The van der Waals surface area contributed by atoms with E-state index in [9.17, 15) is 4.39 Å². The first-order valence-corrected chi connectivity index (χ1v) is 6.67. The summed E-state index contributed by atoms with van der Waals surface area (Å²) in [5.41, 5.74) is 9.05. The van der Waals surface area contributed by atoms with Gasteiger partial charge in [-0.3, -0.25) is 0 Å². The molecule has 0 amide bonds. The molecular formula is C16H17ClFN. The van der Waals surface area contributed by atoms with Crippen LogP contribution in [0.25, 0.3) is 0 Å². The summed E-state index contributed by atoms with van der Waals surface area (Å²) in [7, 11) is 0. The van der Waals surface area contributed by atoms with Crippen LogP contribution >= 0.6 is 11.6 Å². The van der Waals surface area contributed by atoms with Crippen LogP contribution in [-0.2, 0) is 12.8 Å². The van der Waals surface area contributed by atoms with Gasteiger partial charge in [0.05, 0.1) is 0 Å². The van der Waals surface area contributed by atoms with Crippen molar-refractivity contribution in [3.63, 3.8) is 0 Å². The fourth-order valence-electron chi connectivity index (χ4n) is 2.08. The molecule has 0 fully saturated rings. The minimum Gasteiger partial charge on any atom is -0.327 e. The number of nitrogens with two attached hydrogens (primary N) is 1. The van der Waals surface area contributed by atoms with Crippen LogP contribution in [0.15, 0.2) is 42.5 Å². The molecule has 0 saturated carbocycles. The second-order valence-corrected chi connectivity index (χ2v) is 5.33. The largest absolute Gasteiger partial charge is 0.327 e. The first-order valence-electron chi connectivity index (χ1n) is 6.29. The Kier molecular flexibility index (Phi) is 4.56. The Morgan fingerprint density at radius 3 is 2.47 bits per heavy atom. The van der Waals surface area contributed by atoms with Gasteiger partial charge in [-0.2, -0.15) is 0 Å². The molecule has 0 aromatic heterocycles. The molecule has 0 saturated heterocycles. The van der Waals surface area contributed by atoms with Crippen molar-refractivity contribution in [2.45, 2.75) is 25.8 Å². The zero-order valence-corrected chi connectivity index (χ0v) is 11.6. The van der Waals surface area contributed by atoms with Crippen LogP contribution in [0.1, 0.15) is 16.7 Å². The van der Waals surface area contributed by atoms with E-state index >= 15 is 0 Å². The van der Waals surface area contributed by atoms with E-state index in [-0.39, 0.29) is 11.9 Å². The van der Waals surface area contributed by atoms with Gasteiger partial charge in [-0.25, -0.2) is 4.39 Å². The molecule has 2 aromatic rings. The lowest BCUT2D eigenvalue weighted by Gasteiger charge is -2.13. The summed E-state index contributed by atoms with van der Waals surface area (Å²) >= 11 is 5.87. The molecule has 0 radical (unpaired) electrons. The quantitative estimate of drug-likeness (QED) is 0.901. The van der Waals surface area contributed by atoms with E-state index in [1.54, 1.807) is 12.1 Å². The van der Waals surface area contributed by atoms with Gasteiger partial charge in [0, 0.05) is 11.1 Å². The van der Waals surface area contributed by atoms with E-state index in [1.165, 1.54) is 17.2 Å². The van der Waals surface area contributed by atoms with Crippen LogP contribution in [0.4, 0.5) is 4.39 Å². The highest BCUT2D eigenvalue weighted by Gasteiger charge is 2.10. The lowest BCUT2D eigenvalue weighted by molar-refractivity contribution is 0.584. The fraction of sp³-hybridized carbons (Fsp3) is 0.250. The lowest BCUT2D eigenvalue weighted by Crippen LogP contribution is -2.26. The third-order valence-electron chi connectivity index (χ3n) is 3.11. The van der Waals surface area contributed by atoms with Crippen LogP contribution in [0.3, 0.4) is 0 Å². The van der Waals surface area contributed by atoms with Crippen LogP contribution in [0.2, 0.25) is 5.02 Å². The Morgan fingerprint density at radius 2 is 1.79 bits per heavy atom. The Balaban J connectivity index is 2.02. The standard InChI is InChI=1S/C16H17ClFN/c1-11-2-4-12(5-3-11)8-15(19)10-13-9-14(17)6-7-16(13)18/h2-7,9,15H,8,10,19H2,1H3. The molecule has 1 atom stereocenters. The molecule has 1 unspecified atom stereocenters. The summed E-state index contributed by atoms with van der Waals surface area (Å²) in [6, 6.07) is 12.7. The normalized spacial score (nSPS) is 12.4. The lowest BCUT2D eigenvalue weighted by atomic mass is 9.99. The number of hydrogen-bond donors (Lipinski definition) is 1. The molecular weight excluding hydrogens is 261 g/mol. The topological polar surface area (TPSA) is 26.0 Å². The van der Waals surface area contributed by atoms with E-state index in [0.29, 0.717) is 17.0 Å². The van der Waals surface area contributed by atoms with Gasteiger partial charge < -0.3 is 5.73 Å². The minimum absolute atomic E-state index is 0.115. The van der Waals surface area contributed by atoms with E-state index < -0.39 is 0 Å². The smallest absolute Gasteiger partial charge is 0.126 e. The van der Waals surface area contributed by atoms with Gasteiger partial charge >= 0.3 is 0 Å². The molecule has 0 bridgehead atoms. The van der Waals surface area contributed by atoms with E-state index in [0.717, 1.165) is 6.42 Å². The fourth-order valence-corrected chi connectivity index (χ4v) is 2.28. The van der Waals surface area contributed by atoms with Crippen molar-refractivity contribution < 1.29 is 4.39 Å². The Bertz CT molecular complexity index is 551. The molecule has 100 valence electrons. The monoisotopic (exact) mass is 277 g/mol. The Hall–Kier alpha value is -1.38. The highest BCUT2D eigenvalue weighted by molar-refractivity contribution is 6.30. The first kappa shape index (κ1) is 14.0. The summed E-state index contributed by atoms with van der Waals surface area (Å²) in [5.74, 6) is -0.247. The van der Waals surface area contributed by atoms with E-state index in [1.807, 2.05) is 6.92 Å². The van der Waals surface area contributed by atoms with E-state index in [2.05, 4.69) is 24.3 Å². The Morgan fingerprint density at radius 1 is 1.11 bits per heavy atom. The maximum absolute atomic E-state index is 13.6. The van der Waals surface area contributed by atoms with Gasteiger partial charge in [0.25, 0.3) is 0 Å². The molecule has 0 aliphatic carbocycles. The van der Waals surface area contributed by atoms with Crippen molar-refractivity contribution >= 4 is 11.6 Å². The molecule has 19 heavy (non-hydrogen) atoms. The van der Waals surface area contributed by atoms with Crippen molar-refractivity contribution in [2.24, 2.45) is 5.73 Å². The molecule has 0 spiro atoms. The highest BCUT2D eigenvalue weighted by Crippen LogP contribution is 2.17. The SMILES string of the molecule is Cc1ccc(CC(N)Cc2cc(Cl)ccc2F)cc1. The average molecular weight is 278 g/mol. The van der Waals surface area contributed by atoms with Crippen molar-refractivity contribution in [1.29, 1.82) is 0 Å². The minimum atomic E-state index is -0.247. The molecule has 3 heteroatoms. The number of aryl methyl sites for hydroxylation is 1. The molecule has 2 N–H and O–H groups in total. The number of benzene rings is 2. The molecule has 1 nitrogen and oxygen atoms in total. The maximum Gasteiger partial charge on any atom is 0.126 e. The van der Waals surface area contributed by atoms with Crippen LogP contribution in [-0.4, -0.2) is 6.04 Å². The Labute approximate surface area is 118 Å². The predicted octanol–water partition coefficient (Wildman–Crippen LogP) is 3.90. The van der Waals surface area contributed by atoms with Crippen molar-refractivity contribution in [2.75, 3.05) is 0 Å². The zero-order chi connectivity index (χ0) is 13.8. The van der Waals surface area contributed by atoms with Crippen molar-refractivity contribution in [1.82, 2.24) is 0 Å². The third-order valence-corrected chi connectivity index (χ3v) is 3.34. The summed E-state index contributed by atoms with van der Waals surface area (Å²) in [6.45, 7) is 2.05. The van der Waals surface area contributed by atoms with Gasteiger partial charge in [-0.1, -0.05) is 41.4 Å². The van der Waals surface area contributed by atoms with Crippen LogP contribution < -0.4 is 5.73 Å². The van der Waals surface area contributed by atoms with Gasteiger partial charge in [-0.05, 0) is 49.1 Å². The van der Waals surface area contributed by atoms with Crippen molar-refractivity contribution in [3.8, 4) is 0 Å². The van der Waals surface area contributed by atoms with Crippen LogP contribution in [0, 0.1) is 12.7 Å². The summed E-state index contributed by atoms with van der Waals surface area (Å²) in [5, 5.41) is 0.541. The van der Waals surface area contributed by atoms with Gasteiger partial charge in [0.15, 0.2) is 0 Å². The number of halogens is 2. The molecule has 0 heterocycles. The highest BCUT2D eigenvalue weighted by atomic mass is 35.5. The van der Waals surface area contributed by atoms with E-state index in [4.69, 9.17) is 17.3 Å². The van der Waals surface area contributed by atoms with Crippen molar-refractivity contribution in [3.05, 3.63) is 70.0 Å². The zero-order valence-electron chi connectivity index (χ0n) is 10.9. The van der Waals surface area contributed by atoms with Crippen LogP contribution in [0.5, 0.6) is 0 Å². The number of hydrogen-bond acceptors (Lipinski definition) is 1. The van der Waals surface area contributed by atoms with Gasteiger partial charge in [0.1, 0.15) is 5.82 Å². The van der Waals surface area contributed by atoms with Gasteiger partial charge in [-0.15, -0.1) is 0 Å². The molecule has 0 aliphatic rings. The predicted molar refractivity (Wildman–Crippen MR) is 78.0 cm³/mol. The third kappa shape index (κ3) is 4.05. The number of rotatable bonds is 4. The maximum atomic E-state index is 13.6. The van der Waals surface area contributed by atoms with Gasteiger partial charge in [0.2, 0.25) is 0 Å². The molecule has 2 aromatic carbocycles. The summed E-state index contributed by atoms with van der Waals surface area (Å²) in [6.07, 6.45) is 1.21. The molecule has 2 rings (SSSR count). The first-order chi connectivity index (χ1) is 9.04. The average Bonchev–Trinajstić information content (AvgIpc) is 2.37. The second kappa shape index (κ2) is 6.18.